The van der Waals surface area contributed by atoms with Crippen LogP contribution in [0.1, 0.15) is 62.3 Å². The lowest BCUT2D eigenvalue weighted by Crippen LogP contribution is -2.34. The van der Waals surface area contributed by atoms with Crippen molar-refractivity contribution in [2.75, 3.05) is 11.4 Å². The number of aryl methyl sites for hydroxylation is 2. The summed E-state index contributed by atoms with van der Waals surface area (Å²) in [5.41, 5.74) is 3.32. The summed E-state index contributed by atoms with van der Waals surface area (Å²) in [5, 5.41) is 9.49. The van der Waals surface area contributed by atoms with Gasteiger partial charge in [0.2, 0.25) is 0 Å². The van der Waals surface area contributed by atoms with E-state index in [4.69, 9.17) is 4.98 Å². The highest BCUT2D eigenvalue weighted by atomic mass is 15.2. The first-order valence-corrected chi connectivity index (χ1v) is 7.99. The second-order valence-corrected chi connectivity index (χ2v) is 6.18. The summed E-state index contributed by atoms with van der Waals surface area (Å²) in [7, 11) is 0. The maximum absolute atomic E-state index is 9.49. The van der Waals surface area contributed by atoms with Crippen molar-refractivity contribution in [1.29, 1.82) is 5.26 Å². The fourth-order valence-electron chi connectivity index (χ4n) is 3.51. The van der Waals surface area contributed by atoms with Crippen LogP contribution in [-0.2, 0) is 12.8 Å². The minimum atomic E-state index is 0.499. The van der Waals surface area contributed by atoms with E-state index in [0.29, 0.717) is 6.04 Å². The highest BCUT2D eigenvalue weighted by Crippen LogP contribution is 2.29. The number of hydrogen-bond donors (Lipinski definition) is 0. The van der Waals surface area contributed by atoms with Crippen LogP contribution in [0.15, 0.2) is 6.07 Å². The number of nitrogens with zero attached hydrogens (tertiary/aromatic N) is 3. The summed E-state index contributed by atoms with van der Waals surface area (Å²) < 4.78 is 0. The van der Waals surface area contributed by atoms with Crippen molar-refractivity contribution in [1.82, 2.24) is 4.98 Å². The molecule has 1 aromatic rings. The first-order chi connectivity index (χ1) is 9.79. The van der Waals surface area contributed by atoms with E-state index in [0.717, 1.165) is 30.8 Å². The maximum atomic E-state index is 9.49. The van der Waals surface area contributed by atoms with Crippen molar-refractivity contribution >= 4 is 5.82 Å². The first-order valence-electron chi connectivity index (χ1n) is 7.99. The summed E-state index contributed by atoms with van der Waals surface area (Å²) in [6, 6.07) is 4.98. The summed E-state index contributed by atoms with van der Waals surface area (Å²) in [4.78, 5) is 7.28. The normalized spacial score (nSPS) is 22.8. The van der Waals surface area contributed by atoms with Crippen LogP contribution < -0.4 is 4.90 Å². The van der Waals surface area contributed by atoms with E-state index in [2.05, 4.69) is 24.0 Å². The van der Waals surface area contributed by atoms with E-state index in [1.807, 2.05) is 0 Å². The fourth-order valence-corrected chi connectivity index (χ4v) is 3.51. The topological polar surface area (TPSA) is 39.9 Å². The Kier molecular flexibility index (Phi) is 3.91. The molecule has 1 unspecified atom stereocenters. The van der Waals surface area contributed by atoms with Gasteiger partial charge in [-0.15, -0.1) is 0 Å². The lowest BCUT2D eigenvalue weighted by Gasteiger charge is -2.30. The minimum Gasteiger partial charge on any atom is -0.353 e. The van der Waals surface area contributed by atoms with Crippen LogP contribution in [0.5, 0.6) is 0 Å². The van der Waals surface area contributed by atoms with Gasteiger partial charge in [0.1, 0.15) is 11.9 Å². The SMILES string of the molecule is CC1CCCCCN1c1nc2c(cc1C#N)CCCC2. The predicted octanol–water partition coefficient (Wildman–Crippen LogP) is 3.60. The van der Waals surface area contributed by atoms with Crippen LogP contribution in [0.4, 0.5) is 5.82 Å². The molecule has 1 aromatic heterocycles. The molecule has 2 heterocycles. The second-order valence-electron chi connectivity index (χ2n) is 6.18. The van der Waals surface area contributed by atoms with Gasteiger partial charge < -0.3 is 4.90 Å². The quantitative estimate of drug-likeness (QED) is 0.782. The van der Waals surface area contributed by atoms with Crippen molar-refractivity contribution in [2.45, 2.75) is 64.3 Å². The van der Waals surface area contributed by atoms with Gasteiger partial charge >= 0.3 is 0 Å². The Hall–Kier alpha value is -1.56. The van der Waals surface area contributed by atoms with Crippen LogP contribution in [0, 0.1) is 11.3 Å². The molecule has 1 aliphatic heterocycles. The number of anilines is 1. The molecular formula is C17H23N3. The average molecular weight is 269 g/mol. The second kappa shape index (κ2) is 5.83. The molecule has 3 nitrogen and oxygen atoms in total. The van der Waals surface area contributed by atoms with E-state index in [-0.39, 0.29) is 0 Å². The Morgan fingerprint density at radius 1 is 1.20 bits per heavy atom. The third-order valence-electron chi connectivity index (χ3n) is 4.73. The molecule has 0 aromatic carbocycles. The molecule has 0 spiro atoms. The van der Waals surface area contributed by atoms with Gasteiger partial charge in [0.05, 0.1) is 5.56 Å². The smallest absolute Gasteiger partial charge is 0.147 e. The predicted molar refractivity (Wildman–Crippen MR) is 80.9 cm³/mol. The van der Waals surface area contributed by atoms with Crippen LogP contribution in [0.3, 0.4) is 0 Å². The molecule has 2 aliphatic rings. The third-order valence-corrected chi connectivity index (χ3v) is 4.73. The number of fused-ring (bicyclic) bond motifs is 1. The van der Waals surface area contributed by atoms with Gasteiger partial charge in [-0.25, -0.2) is 4.98 Å². The standard InChI is InChI=1S/C17H23N3/c1-13-7-3-2-6-10-20(13)17-15(12-18)11-14-8-4-5-9-16(14)19-17/h11,13H,2-10H2,1H3. The first kappa shape index (κ1) is 13.4. The van der Waals surface area contributed by atoms with Gasteiger partial charge in [0.25, 0.3) is 0 Å². The van der Waals surface area contributed by atoms with Crippen LogP contribution in [-0.4, -0.2) is 17.6 Å². The lowest BCUT2D eigenvalue weighted by molar-refractivity contribution is 0.605. The van der Waals surface area contributed by atoms with Crippen molar-refractivity contribution in [3.63, 3.8) is 0 Å². The molecule has 3 heteroatoms. The lowest BCUT2D eigenvalue weighted by atomic mass is 9.94. The molecular weight excluding hydrogens is 246 g/mol. The zero-order valence-electron chi connectivity index (χ0n) is 12.4. The van der Waals surface area contributed by atoms with Gasteiger partial charge in [0.15, 0.2) is 0 Å². The van der Waals surface area contributed by atoms with E-state index in [1.54, 1.807) is 0 Å². The highest BCUT2D eigenvalue weighted by molar-refractivity contribution is 5.57. The van der Waals surface area contributed by atoms with Gasteiger partial charge in [0, 0.05) is 18.3 Å². The maximum Gasteiger partial charge on any atom is 0.147 e. The van der Waals surface area contributed by atoms with Gasteiger partial charge in [-0.1, -0.05) is 12.8 Å². The van der Waals surface area contributed by atoms with Crippen LogP contribution >= 0.6 is 0 Å². The molecule has 0 N–H and O–H groups in total. The fraction of sp³-hybridized carbons (Fsp3) is 0.647. The summed E-state index contributed by atoms with van der Waals surface area (Å²) in [5.74, 6) is 0.947. The molecule has 1 atom stereocenters. The molecule has 0 amide bonds. The molecule has 20 heavy (non-hydrogen) atoms. The number of rotatable bonds is 1. The van der Waals surface area contributed by atoms with E-state index in [1.165, 1.54) is 49.8 Å². The van der Waals surface area contributed by atoms with E-state index in [9.17, 15) is 5.26 Å². The minimum absolute atomic E-state index is 0.499. The zero-order valence-corrected chi connectivity index (χ0v) is 12.4. The molecule has 106 valence electrons. The monoisotopic (exact) mass is 269 g/mol. The zero-order chi connectivity index (χ0) is 13.9. The molecule has 1 fully saturated rings. The van der Waals surface area contributed by atoms with Crippen LogP contribution in [0.25, 0.3) is 0 Å². The van der Waals surface area contributed by atoms with Gasteiger partial charge in [-0.05, 0) is 57.1 Å². The van der Waals surface area contributed by atoms with Crippen molar-refractivity contribution < 1.29 is 0 Å². The van der Waals surface area contributed by atoms with Crippen molar-refractivity contribution in [3.8, 4) is 6.07 Å². The molecule has 0 saturated carbocycles. The van der Waals surface area contributed by atoms with Crippen molar-refractivity contribution in [2.24, 2.45) is 0 Å². The molecule has 3 rings (SSSR count). The number of hydrogen-bond acceptors (Lipinski definition) is 3. The Bertz CT molecular complexity index is 530. The van der Waals surface area contributed by atoms with Gasteiger partial charge in [-0.3, -0.25) is 0 Å². The third kappa shape index (κ3) is 2.52. The number of aromatic nitrogens is 1. The highest BCUT2D eigenvalue weighted by Gasteiger charge is 2.23. The summed E-state index contributed by atoms with van der Waals surface area (Å²) in [6.45, 7) is 3.31. The Morgan fingerprint density at radius 2 is 2.05 bits per heavy atom. The number of nitriles is 1. The van der Waals surface area contributed by atoms with Gasteiger partial charge in [-0.2, -0.15) is 5.26 Å². The number of pyridine rings is 1. The summed E-state index contributed by atoms with van der Waals surface area (Å²) in [6.07, 6.45) is 9.67. The molecule has 0 radical (unpaired) electrons. The Morgan fingerprint density at radius 3 is 2.90 bits per heavy atom. The van der Waals surface area contributed by atoms with Crippen molar-refractivity contribution in [3.05, 3.63) is 22.9 Å². The Labute approximate surface area is 121 Å². The van der Waals surface area contributed by atoms with E-state index >= 15 is 0 Å². The van der Waals surface area contributed by atoms with Crippen LogP contribution in [0.2, 0.25) is 0 Å². The average Bonchev–Trinajstić information content (AvgIpc) is 2.70. The van der Waals surface area contributed by atoms with E-state index < -0.39 is 0 Å². The molecule has 1 saturated heterocycles. The Balaban J connectivity index is 2.00. The summed E-state index contributed by atoms with van der Waals surface area (Å²) >= 11 is 0. The largest absolute Gasteiger partial charge is 0.353 e. The molecule has 0 bridgehead atoms. The molecule has 1 aliphatic carbocycles.